The van der Waals surface area contributed by atoms with Gasteiger partial charge >= 0.3 is 0 Å². The molecular weight excluding hydrogens is 705 g/mol. The Labute approximate surface area is 335 Å². The van der Waals surface area contributed by atoms with Gasteiger partial charge in [0.15, 0.2) is 0 Å². The SMILES string of the molecule is c1ccc2c(c1)nc(-c1ccc(-c3cc(-c4ccc(-c5ccncc5)cc4)cc(-c4ccc(-c5ccncc5)cc4)n3)cc1)c1c3ccccc3c3ccccc3c21. The van der Waals surface area contributed by atoms with Gasteiger partial charge in [0.05, 0.1) is 22.6 Å². The Morgan fingerprint density at radius 2 is 0.638 bits per heavy atom. The number of aromatic nitrogens is 4. The number of nitrogens with zero attached hydrogens (tertiary/aromatic N) is 4. The Morgan fingerprint density at radius 1 is 0.259 bits per heavy atom. The van der Waals surface area contributed by atoms with Gasteiger partial charge in [-0.15, -0.1) is 0 Å². The summed E-state index contributed by atoms with van der Waals surface area (Å²) >= 11 is 0. The highest BCUT2D eigenvalue weighted by Gasteiger charge is 2.18. The van der Waals surface area contributed by atoms with Crippen molar-refractivity contribution in [3.05, 3.63) is 207 Å². The van der Waals surface area contributed by atoms with Crippen LogP contribution in [0.25, 0.3) is 110 Å². The van der Waals surface area contributed by atoms with Crippen LogP contribution in [0.5, 0.6) is 0 Å². The Kier molecular flexibility index (Phi) is 8.11. The molecule has 4 heteroatoms. The molecule has 58 heavy (non-hydrogen) atoms. The van der Waals surface area contributed by atoms with Crippen molar-refractivity contribution in [3.8, 4) is 67.2 Å². The van der Waals surface area contributed by atoms with Gasteiger partial charge in [-0.25, -0.2) is 9.97 Å². The highest BCUT2D eigenvalue weighted by atomic mass is 14.7. The van der Waals surface area contributed by atoms with Gasteiger partial charge in [0.2, 0.25) is 0 Å². The van der Waals surface area contributed by atoms with Gasteiger partial charge in [-0.1, -0.05) is 140 Å². The molecule has 7 aromatic carbocycles. The standard InChI is InChI=1S/C54H34N4/c1-3-9-46-44(7-1)45-8-2-4-10-47(45)53-52(46)48-11-5-6-12-49(48)58-54(53)42-23-21-41(22-24-42)51-34-43(37-15-13-35(14-16-37)38-25-29-55-30-26-38)33-50(57-51)40-19-17-36(18-20-40)39-27-31-56-32-28-39/h1-34H. The molecule has 0 aliphatic rings. The number of para-hydroxylation sites is 1. The average Bonchev–Trinajstić information content (AvgIpc) is 3.32. The van der Waals surface area contributed by atoms with Gasteiger partial charge in [-0.2, -0.15) is 0 Å². The molecule has 11 aromatic rings. The highest BCUT2D eigenvalue weighted by Crippen LogP contribution is 2.43. The summed E-state index contributed by atoms with van der Waals surface area (Å²) in [7, 11) is 0. The second-order valence-corrected chi connectivity index (χ2v) is 14.6. The minimum Gasteiger partial charge on any atom is -0.265 e. The van der Waals surface area contributed by atoms with Crippen LogP contribution >= 0.6 is 0 Å². The van der Waals surface area contributed by atoms with Crippen molar-refractivity contribution >= 4 is 43.2 Å². The van der Waals surface area contributed by atoms with E-state index in [1.807, 2.05) is 49.1 Å². The molecule has 0 aliphatic carbocycles. The fourth-order valence-electron chi connectivity index (χ4n) is 8.40. The molecule has 0 bridgehead atoms. The molecule has 0 saturated heterocycles. The summed E-state index contributed by atoms with van der Waals surface area (Å²) in [5.41, 5.74) is 13.7. The van der Waals surface area contributed by atoms with Crippen LogP contribution in [0, 0.1) is 0 Å². The molecule has 0 unspecified atom stereocenters. The van der Waals surface area contributed by atoms with Crippen molar-refractivity contribution in [2.45, 2.75) is 0 Å². The molecule has 4 heterocycles. The van der Waals surface area contributed by atoms with Gasteiger partial charge in [0.25, 0.3) is 0 Å². The van der Waals surface area contributed by atoms with Gasteiger partial charge in [-0.05, 0) is 97.4 Å². The van der Waals surface area contributed by atoms with Gasteiger partial charge < -0.3 is 0 Å². The van der Waals surface area contributed by atoms with Crippen molar-refractivity contribution in [2.24, 2.45) is 0 Å². The van der Waals surface area contributed by atoms with Crippen LogP contribution in [0.15, 0.2) is 207 Å². The predicted octanol–water partition coefficient (Wildman–Crippen LogP) is 13.9. The van der Waals surface area contributed by atoms with E-state index in [9.17, 15) is 0 Å². The first-order valence-corrected chi connectivity index (χ1v) is 19.5. The molecule has 0 radical (unpaired) electrons. The summed E-state index contributed by atoms with van der Waals surface area (Å²) in [6, 6.07) is 64.7. The number of hydrogen-bond donors (Lipinski definition) is 0. The second kappa shape index (κ2) is 14.0. The molecule has 0 atom stereocenters. The molecule has 0 aliphatic heterocycles. The zero-order valence-electron chi connectivity index (χ0n) is 31.4. The Morgan fingerprint density at radius 3 is 1.16 bits per heavy atom. The molecule has 0 saturated carbocycles. The number of benzene rings is 7. The first-order valence-electron chi connectivity index (χ1n) is 19.5. The minimum atomic E-state index is 0.906. The zero-order valence-corrected chi connectivity index (χ0v) is 31.4. The number of pyridine rings is 4. The van der Waals surface area contributed by atoms with Crippen LogP contribution in [0.1, 0.15) is 0 Å². The van der Waals surface area contributed by atoms with Crippen LogP contribution in [0.3, 0.4) is 0 Å². The van der Waals surface area contributed by atoms with E-state index in [2.05, 4.69) is 168 Å². The number of hydrogen-bond acceptors (Lipinski definition) is 4. The van der Waals surface area contributed by atoms with E-state index in [1.165, 1.54) is 32.3 Å². The zero-order chi connectivity index (χ0) is 38.4. The smallest absolute Gasteiger partial charge is 0.0794 e. The fraction of sp³-hybridized carbons (Fsp3) is 0. The van der Waals surface area contributed by atoms with Crippen LogP contribution in [-0.4, -0.2) is 19.9 Å². The summed E-state index contributed by atoms with van der Waals surface area (Å²) in [5, 5.41) is 8.51. The van der Waals surface area contributed by atoms with Gasteiger partial charge in [0.1, 0.15) is 0 Å². The predicted molar refractivity (Wildman–Crippen MR) is 240 cm³/mol. The molecule has 0 N–H and O–H groups in total. The normalized spacial score (nSPS) is 11.4. The Hall–Kier alpha value is -7.82. The summed E-state index contributed by atoms with van der Waals surface area (Å²) in [6.45, 7) is 0. The molecule has 4 nitrogen and oxygen atoms in total. The Balaban J connectivity index is 1.05. The van der Waals surface area contributed by atoms with E-state index >= 15 is 0 Å². The van der Waals surface area contributed by atoms with E-state index in [0.29, 0.717) is 0 Å². The quantitative estimate of drug-likeness (QED) is 0.159. The topological polar surface area (TPSA) is 51.6 Å². The number of rotatable bonds is 6. The molecule has 0 fully saturated rings. The molecule has 0 spiro atoms. The molecule has 0 amide bonds. The third-order valence-corrected chi connectivity index (χ3v) is 11.3. The van der Waals surface area contributed by atoms with Crippen molar-refractivity contribution in [2.75, 3.05) is 0 Å². The summed E-state index contributed by atoms with van der Waals surface area (Å²) in [6.07, 6.45) is 7.32. The maximum absolute atomic E-state index is 5.38. The summed E-state index contributed by atoms with van der Waals surface area (Å²) in [5.74, 6) is 0. The van der Waals surface area contributed by atoms with E-state index in [0.717, 1.165) is 78.1 Å². The second-order valence-electron chi connectivity index (χ2n) is 14.6. The van der Waals surface area contributed by atoms with Crippen LogP contribution < -0.4 is 0 Å². The maximum atomic E-state index is 5.38. The first kappa shape index (κ1) is 33.5. The lowest BCUT2D eigenvalue weighted by molar-refractivity contribution is 1.32. The van der Waals surface area contributed by atoms with Crippen LogP contribution in [-0.2, 0) is 0 Å². The van der Waals surface area contributed by atoms with Crippen molar-refractivity contribution in [1.82, 2.24) is 19.9 Å². The fourth-order valence-corrected chi connectivity index (χ4v) is 8.40. The number of fused-ring (bicyclic) bond motifs is 8. The molecular formula is C54H34N4. The monoisotopic (exact) mass is 738 g/mol. The minimum absolute atomic E-state index is 0.906. The molecule has 270 valence electrons. The Bertz CT molecular complexity index is 3190. The average molecular weight is 739 g/mol. The maximum Gasteiger partial charge on any atom is 0.0794 e. The largest absolute Gasteiger partial charge is 0.265 e. The molecule has 4 aromatic heterocycles. The lowest BCUT2D eigenvalue weighted by Crippen LogP contribution is -1.94. The molecule has 11 rings (SSSR count). The van der Waals surface area contributed by atoms with Crippen molar-refractivity contribution < 1.29 is 0 Å². The first-order chi connectivity index (χ1) is 28.7. The van der Waals surface area contributed by atoms with Crippen molar-refractivity contribution in [1.29, 1.82) is 0 Å². The third-order valence-electron chi connectivity index (χ3n) is 11.3. The van der Waals surface area contributed by atoms with Crippen LogP contribution in [0.2, 0.25) is 0 Å². The summed E-state index contributed by atoms with van der Waals surface area (Å²) < 4.78 is 0. The van der Waals surface area contributed by atoms with Crippen LogP contribution in [0.4, 0.5) is 0 Å². The van der Waals surface area contributed by atoms with E-state index in [-0.39, 0.29) is 0 Å². The summed E-state index contributed by atoms with van der Waals surface area (Å²) in [4.78, 5) is 19.1. The third kappa shape index (κ3) is 5.87. The van der Waals surface area contributed by atoms with Gasteiger partial charge in [0, 0.05) is 57.6 Å². The lowest BCUT2D eigenvalue weighted by Gasteiger charge is -2.16. The van der Waals surface area contributed by atoms with E-state index in [1.54, 1.807) is 0 Å². The van der Waals surface area contributed by atoms with E-state index in [4.69, 9.17) is 9.97 Å². The van der Waals surface area contributed by atoms with Gasteiger partial charge in [-0.3, -0.25) is 9.97 Å². The lowest BCUT2D eigenvalue weighted by atomic mass is 9.90. The van der Waals surface area contributed by atoms with Crippen molar-refractivity contribution in [3.63, 3.8) is 0 Å². The van der Waals surface area contributed by atoms with E-state index < -0.39 is 0 Å². The highest BCUT2D eigenvalue weighted by molar-refractivity contribution is 6.33.